The fourth-order valence-corrected chi connectivity index (χ4v) is 5.31. The van der Waals surface area contributed by atoms with Gasteiger partial charge in [0.2, 0.25) is 0 Å². The molecule has 3 atom stereocenters. The SMILES string of the molecule is CCCN1C[C@@H](NC(=O)N(CC)CCN2CCN(C)CC2)C[C@@H]2CC(=O)CC[C@H]21. The van der Waals surface area contributed by atoms with Crippen LogP contribution in [0, 0.1) is 5.92 Å². The summed E-state index contributed by atoms with van der Waals surface area (Å²) in [6.07, 6.45) is 4.48. The summed E-state index contributed by atoms with van der Waals surface area (Å²) >= 11 is 0. The lowest BCUT2D eigenvalue weighted by Crippen LogP contribution is -2.59. The number of piperidine rings is 1. The van der Waals surface area contributed by atoms with E-state index in [1.165, 1.54) is 0 Å². The monoisotopic (exact) mass is 407 g/mol. The molecule has 1 N–H and O–H groups in total. The van der Waals surface area contributed by atoms with Crippen LogP contribution in [0.1, 0.15) is 46.0 Å². The molecule has 2 aliphatic heterocycles. The van der Waals surface area contributed by atoms with Crippen LogP contribution in [0.5, 0.6) is 0 Å². The van der Waals surface area contributed by atoms with Gasteiger partial charge in [-0.1, -0.05) is 6.92 Å². The minimum absolute atomic E-state index is 0.0589. The van der Waals surface area contributed by atoms with Crippen LogP contribution in [-0.2, 0) is 4.79 Å². The molecule has 0 radical (unpaired) electrons. The lowest BCUT2D eigenvalue weighted by Gasteiger charge is -2.47. The molecular formula is C22H41N5O2. The predicted octanol–water partition coefficient (Wildman–Crippen LogP) is 1.49. The Bertz CT molecular complexity index is 549. The average molecular weight is 408 g/mol. The van der Waals surface area contributed by atoms with E-state index >= 15 is 0 Å². The Hall–Kier alpha value is -1.18. The summed E-state index contributed by atoms with van der Waals surface area (Å²) in [6.45, 7) is 13.1. The summed E-state index contributed by atoms with van der Waals surface area (Å²) in [5, 5.41) is 3.31. The van der Waals surface area contributed by atoms with Gasteiger partial charge < -0.3 is 15.1 Å². The summed E-state index contributed by atoms with van der Waals surface area (Å²) in [4.78, 5) is 34.3. The molecule has 1 aliphatic carbocycles. The third-order valence-electron chi connectivity index (χ3n) is 7.05. The zero-order valence-electron chi connectivity index (χ0n) is 18.7. The number of fused-ring (bicyclic) bond motifs is 1. The molecule has 0 unspecified atom stereocenters. The van der Waals surface area contributed by atoms with E-state index in [0.29, 0.717) is 24.2 Å². The van der Waals surface area contributed by atoms with Crippen LogP contribution >= 0.6 is 0 Å². The number of likely N-dealkylation sites (tertiary alicyclic amines) is 1. The molecule has 2 heterocycles. The average Bonchev–Trinajstić information content (AvgIpc) is 2.69. The first-order valence-electron chi connectivity index (χ1n) is 11.7. The fraction of sp³-hybridized carbons (Fsp3) is 0.909. The van der Waals surface area contributed by atoms with E-state index in [1.54, 1.807) is 0 Å². The van der Waals surface area contributed by atoms with Gasteiger partial charge in [0.15, 0.2) is 0 Å². The van der Waals surface area contributed by atoms with Gasteiger partial charge in [-0.2, -0.15) is 0 Å². The first-order valence-corrected chi connectivity index (χ1v) is 11.7. The van der Waals surface area contributed by atoms with Crippen molar-refractivity contribution in [2.45, 2.75) is 58.0 Å². The Labute approximate surface area is 176 Å². The number of urea groups is 1. The quantitative estimate of drug-likeness (QED) is 0.693. The molecule has 7 nitrogen and oxygen atoms in total. The highest BCUT2D eigenvalue weighted by Crippen LogP contribution is 2.34. The Kier molecular flexibility index (Phi) is 8.33. The van der Waals surface area contributed by atoms with E-state index in [9.17, 15) is 9.59 Å². The summed E-state index contributed by atoms with van der Waals surface area (Å²) in [5.74, 6) is 0.805. The Morgan fingerprint density at radius 1 is 1.17 bits per heavy atom. The van der Waals surface area contributed by atoms with Crippen molar-refractivity contribution in [3.63, 3.8) is 0 Å². The highest BCUT2D eigenvalue weighted by molar-refractivity contribution is 5.79. The topological polar surface area (TPSA) is 59.1 Å². The molecule has 166 valence electrons. The number of nitrogens with one attached hydrogen (secondary N) is 1. The minimum atomic E-state index is 0.0589. The number of nitrogens with zero attached hydrogens (tertiary/aromatic N) is 4. The zero-order chi connectivity index (χ0) is 20.8. The lowest BCUT2D eigenvalue weighted by atomic mass is 9.76. The lowest BCUT2D eigenvalue weighted by molar-refractivity contribution is -0.124. The molecule has 0 bridgehead atoms. The van der Waals surface area contributed by atoms with Crippen LogP contribution in [0.2, 0.25) is 0 Å². The molecule has 2 amide bonds. The van der Waals surface area contributed by atoms with Gasteiger partial charge in [0, 0.05) is 77.3 Å². The second-order valence-electron chi connectivity index (χ2n) is 9.21. The molecule has 1 saturated carbocycles. The van der Waals surface area contributed by atoms with Crippen LogP contribution in [0.3, 0.4) is 0 Å². The van der Waals surface area contributed by atoms with Crippen LogP contribution < -0.4 is 5.32 Å². The smallest absolute Gasteiger partial charge is 0.317 e. The normalized spacial score (nSPS) is 29.5. The van der Waals surface area contributed by atoms with Gasteiger partial charge in [-0.15, -0.1) is 0 Å². The van der Waals surface area contributed by atoms with Gasteiger partial charge in [-0.25, -0.2) is 4.79 Å². The number of ketones is 1. The van der Waals surface area contributed by atoms with Crippen molar-refractivity contribution in [1.29, 1.82) is 0 Å². The maximum absolute atomic E-state index is 13.0. The van der Waals surface area contributed by atoms with Crippen molar-refractivity contribution >= 4 is 11.8 Å². The van der Waals surface area contributed by atoms with Crippen molar-refractivity contribution in [2.24, 2.45) is 5.92 Å². The van der Waals surface area contributed by atoms with Crippen LogP contribution in [0.4, 0.5) is 4.79 Å². The second-order valence-corrected chi connectivity index (χ2v) is 9.21. The minimum Gasteiger partial charge on any atom is -0.334 e. The molecule has 3 rings (SSSR count). The van der Waals surface area contributed by atoms with Gasteiger partial charge in [-0.05, 0) is 45.7 Å². The van der Waals surface area contributed by atoms with Gasteiger partial charge in [-0.3, -0.25) is 14.6 Å². The second kappa shape index (κ2) is 10.7. The molecule has 0 aromatic heterocycles. The molecule has 3 fully saturated rings. The van der Waals surface area contributed by atoms with E-state index in [0.717, 1.165) is 84.6 Å². The molecule has 0 aromatic carbocycles. The third-order valence-corrected chi connectivity index (χ3v) is 7.05. The fourth-order valence-electron chi connectivity index (χ4n) is 5.31. The number of carbonyl (C=O) groups is 2. The van der Waals surface area contributed by atoms with Crippen LogP contribution in [-0.4, -0.2) is 109 Å². The number of carbonyl (C=O) groups excluding carboxylic acids is 2. The molecular weight excluding hydrogens is 366 g/mol. The summed E-state index contributed by atoms with van der Waals surface area (Å²) < 4.78 is 0. The summed E-state index contributed by atoms with van der Waals surface area (Å²) in [5.41, 5.74) is 0. The predicted molar refractivity (Wildman–Crippen MR) is 116 cm³/mol. The van der Waals surface area contributed by atoms with Gasteiger partial charge in [0.25, 0.3) is 0 Å². The third kappa shape index (κ3) is 6.15. The Morgan fingerprint density at radius 3 is 2.62 bits per heavy atom. The Morgan fingerprint density at radius 2 is 1.93 bits per heavy atom. The molecule has 0 aromatic rings. The number of amides is 2. The van der Waals surface area contributed by atoms with Crippen LogP contribution in [0.25, 0.3) is 0 Å². The van der Waals surface area contributed by atoms with Crippen molar-refractivity contribution < 1.29 is 9.59 Å². The number of hydrogen-bond acceptors (Lipinski definition) is 5. The van der Waals surface area contributed by atoms with Crippen LogP contribution in [0.15, 0.2) is 0 Å². The van der Waals surface area contributed by atoms with Gasteiger partial charge >= 0.3 is 6.03 Å². The first-order chi connectivity index (χ1) is 14.0. The number of Topliss-reactive ketones (excluding diaryl/α,β-unsaturated/α-hetero) is 1. The van der Waals surface area contributed by atoms with E-state index < -0.39 is 0 Å². The van der Waals surface area contributed by atoms with Gasteiger partial charge in [0.05, 0.1) is 0 Å². The largest absolute Gasteiger partial charge is 0.334 e. The molecule has 3 aliphatic rings. The highest BCUT2D eigenvalue weighted by Gasteiger charge is 2.39. The number of piperazine rings is 1. The molecule has 7 heteroatoms. The van der Waals surface area contributed by atoms with E-state index in [4.69, 9.17) is 0 Å². The van der Waals surface area contributed by atoms with E-state index in [1.807, 2.05) is 4.90 Å². The van der Waals surface area contributed by atoms with Crippen molar-refractivity contribution in [2.75, 3.05) is 66.0 Å². The maximum atomic E-state index is 13.0. The number of rotatable bonds is 7. The van der Waals surface area contributed by atoms with Crippen molar-refractivity contribution in [1.82, 2.24) is 24.9 Å². The zero-order valence-corrected chi connectivity index (χ0v) is 18.7. The number of hydrogen-bond donors (Lipinski definition) is 1. The standard InChI is InChI=1S/C22H41N5O2/c1-4-8-27-17-19(15-18-16-20(28)6-7-21(18)27)23-22(29)26(5-2)14-13-25-11-9-24(3)10-12-25/h18-19,21H,4-17H2,1-3H3,(H,23,29)/t18-,19+,21-/m1/s1. The Balaban J connectivity index is 1.51. The summed E-state index contributed by atoms with van der Waals surface area (Å²) in [7, 11) is 2.17. The van der Waals surface area contributed by atoms with E-state index in [2.05, 4.69) is 40.9 Å². The summed E-state index contributed by atoms with van der Waals surface area (Å²) in [6, 6.07) is 0.739. The maximum Gasteiger partial charge on any atom is 0.317 e. The van der Waals surface area contributed by atoms with Crippen molar-refractivity contribution in [3.05, 3.63) is 0 Å². The van der Waals surface area contributed by atoms with Gasteiger partial charge in [0.1, 0.15) is 5.78 Å². The van der Waals surface area contributed by atoms with Crippen molar-refractivity contribution in [3.8, 4) is 0 Å². The molecule has 29 heavy (non-hydrogen) atoms. The molecule has 0 spiro atoms. The highest BCUT2D eigenvalue weighted by atomic mass is 16.2. The number of likely N-dealkylation sites (N-methyl/N-ethyl adjacent to an activating group) is 2. The van der Waals surface area contributed by atoms with E-state index in [-0.39, 0.29) is 12.1 Å². The first kappa shape index (κ1) is 22.5. The molecule has 2 saturated heterocycles.